The van der Waals surface area contributed by atoms with E-state index in [-0.39, 0.29) is 18.1 Å². The van der Waals surface area contributed by atoms with Crippen molar-refractivity contribution in [2.45, 2.75) is 51.5 Å². The van der Waals surface area contributed by atoms with E-state index in [1.807, 2.05) is 4.90 Å². The largest absolute Gasteiger partial charge is 0.394 e. The van der Waals surface area contributed by atoms with E-state index in [2.05, 4.69) is 12.2 Å². The summed E-state index contributed by atoms with van der Waals surface area (Å²) in [5.74, 6) is 0.308. The van der Waals surface area contributed by atoms with Gasteiger partial charge >= 0.3 is 0 Å². The number of amides is 1. The summed E-state index contributed by atoms with van der Waals surface area (Å²) in [6.07, 6.45) is 5.95. The van der Waals surface area contributed by atoms with Crippen LogP contribution < -0.4 is 5.32 Å². The maximum absolute atomic E-state index is 12.9. The molecule has 18 heavy (non-hydrogen) atoms. The number of carbonyl (C=O) groups is 1. The smallest absolute Gasteiger partial charge is 0.229 e. The molecule has 4 nitrogen and oxygen atoms in total. The summed E-state index contributed by atoms with van der Waals surface area (Å²) in [5, 5.41) is 12.7. The second kappa shape index (κ2) is 6.02. The minimum absolute atomic E-state index is 0.0705. The zero-order chi connectivity index (χ0) is 13.0. The third-order valence-electron chi connectivity index (χ3n) is 4.59. The van der Waals surface area contributed by atoms with Crippen molar-refractivity contribution in [1.29, 1.82) is 0 Å². The highest BCUT2D eigenvalue weighted by molar-refractivity contribution is 5.83. The first-order chi connectivity index (χ1) is 8.73. The molecule has 0 aromatic carbocycles. The molecule has 0 bridgehead atoms. The van der Waals surface area contributed by atoms with Crippen LogP contribution in [0.1, 0.15) is 45.4 Å². The van der Waals surface area contributed by atoms with Crippen LogP contribution in [0.4, 0.5) is 0 Å². The molecule has 4 heteroatoms. The predicted molar refractivity (Wildman–Crippen MR) is 71.3 cm³/mol. The predicted octanol–water partition coefficient (Wildman–Crippen LogP) is 1.14. The van der Waals surface area contributed by atoms with E-state index in [9.17, 15) is 9.90 Å². The lowest BCUT2D eigenvalue weighted by atomic mass is 9.74. The minimum atomic E-state index is -0.155. The van der Waals surface area contributed by atoms with E-state index in [1.165, 1.54) is 0 Å². The second-order valence-corrected chi connectivity index (χ2v) is 5.76. The first kappa shape index (κ1) is 13.8. The fourth-order valence-corrected chi connectivity index (χ4v) is 3.55. The van der Waals surface area contributed by atoms with Gasteiger partial charge in [-0.3, -0.25) is 4.79 Å². The SMILES string of the molecule is CCCC1(C(=O)N2CCC[C@@H]2CO)CCNCC1. The number of nitrogens with zero attached hydrogens (tertiary/aromatic N) is 1. The Morgan fingerprint density at radius 3 is 2.78 bits per heavy atom. The zero-order valence-electron chi connectivity index (χ0n) is 11.5. The number of nitrogens with one attached hydrogen (secondary N) is 1. The summed E-state index contributed by atoms with van der Waals surface area (Å²) in [4.78, 5) is 14.8. The number of rotatable bonds is 4. The average molecular weight is 254 g/mol. The van der Waals surface area contributed by atoms with Crippen molar-refractivity contribution in [3.05, 3.63) is 0 Å². The molecular weight excluding hydrogens is 228 g/mol. The Bertz CT molecular complexity index is 282. The fraction of sp³-hybridized carbons (Fsp3) is 0.929. The Hall–Kier alpha value is -0.610. The van der Waals surface area contributed by atoms with E-state index in [0.29, 0.717) is 5.91 Å². The van der Waals surface area contributed by atoms with Crippen LogP contribution >= 0.6 is 0 Å². The van der Waals surface area contributed by atoms with Gasteiger partial charge in [-0.05, 0) is 45.2 Å². The van der Waals surface area contributed by atoms with Gasteiger partial charge < -0.3 is 15.3 Å². The molecular formula is C14H26N2O2. The molecule has 2 heterocycles. The summed E-state index contributed by atoms with van der Waals surface area (Å²) in [6, 6.07) is 0.0705. The van der Waals surface area contributed by atoms with Crippen molar-refractivity contribution in [3.63, 3.8) is 0 Å². The lowest BCUT2D eigenvalue weighted by Crippen LogP contribution is -2.51. The number of likely N-dealkylation sites (tertiary alicyclic amines) is 1. The van der Waals surface area contributed by atoms with Gasteiger partial charge in [0.05, 0.1) is 18.1 Å². The third kappa shape index (κ3) is 2.54. The summed E-state index contributed by atoms with van der Waals surface area (Å²) in [7, 11) is 0. The molecule has 0 radical (unpaired) electrons. The van der Waals surface area contributed by atoms with Gasteiger partial charge in [-0.1, -0.05) is 13.3 Å². The Kier molecular flexibility index (Phi) is 4.62. The average Bonchev–Trinajstić information content (AvgIpc) is 2.87. The standard InChI is InChI=1S/C14H26N2O2/c1-2-5-14(6-8-15-9-7-14)13(18)16-10-3-4-12(16)11-17/h12,15,17H,2-11H2,1H3/t12-/m1/s1. The molecule has 2 aliphatic rings. The molecule has 1 atom stereocenters. The topological polar surface area (TPSA) is 52.6 Å². The second-order valence-electron chi connectivity index (χ2n) is 5.76. The number of hydrogen-bond acceptors (Lipinski definition) is 3. The van der Waals surface area contributed by atoms with Crippen molar-refractivity contribution in [1.82, 2.24) is 10.2 Å². The van der Waals surface area contributed by atoms with Gasteiger partial charge in [0, 0.05) is 6.54 Å². The van der Waals surface area contributed by atoms with Gasteiger partial charge in [0.1, 0.15) is 0 Å². The number of aliphatic hydroxyl groups is 1. The molecule has 0 aromatic heterocycles. The van der Waals surface area contributed by atoms with Crippen molar-refractivity contribution in [3.8, 4) is 0 Å². The van der Waals surface area contributed by atoms with Crippen LogP contribution in [0.5, 0.6) is 0 Å². The van der Waals surface area contributed by atoms with Crippen LogP contribution in [-0.4, -0.2) is 48.2 Å². The van der Waals surface area contributed by atoms with Gasteiger partial charge in [0.2, 0.25) is 5.91 Å². The van der Waals surface area contributed by atoms with Crippen molar-refractivity contribution in [2.75, 3.05) is 26.2 Å². The molecule has 0 aromatic rings. The van der Waals surface area contributed by atoms with Crippen LogP contribution in [0.15, 0.2) is 0 Å². The lowest BCUT2D eigenvalue weighted by molar-refractivity contribution is -0.146. The van der Waals surface area contributed by atoms with Gasteiger partial charge in [-0.15, -0.1) is 0 Å². The Balaban J connectivity index is 2.12. The molecule has 0 spiro atoms. The molecule has 2 rings (SSSR count). The van der Waals surface area contributed by atoms with Gasteiger partial charge in [-0.2, -0.15) is 0 Å². The molecule has 1 amide bonds. The molecule has 104 valence electrons. The fourth-order valence-electron chi connectivity index (χ4n) is 3.55. The molecule has 0 unspecified atom stereocenters. The van der Waals surface area contributed by atoms with E-state index in [4.69, 9.17) is 0 Å². The molecule has 2 aliphatic heterocycles. The van der Waals surface area contributed by atoms with E-state index >= 15 is 0 Å². The number of aliphatic hydroxyl groups excluding tert-OH is 1. The normalized spacial score (nSPS) is 27.4. The highest BCUT2D eigenvalue weighted by Crippen LogP contribution is 2.38. The van der Waals surface area contributed by atoms with Crippen molar-refractivity contribution < 1.29 is 9.90 Å². The van der Waals surface area contributed by atoms with Gasteiger partial charge in [0.15, 0.2) is 0 Å². The summed E-state index contributed by atoms with van der Waals surface area (Å²) in [5.41, 5.74) is -0.155. The Labute approximate surface area is 110 Å². The van der Waals surface area contributed by atoms with Crippen molar-refractivity contribution in [2.24, 2.45) is 5.41 Å². The minimum Gasteiger partial charge on any atom is -0.394 e. The van der Waals surface area contributed by atoms with Gasteiger partial charge in [-0.25, -0.2) is 0 Å². The molecule has 2 saturated heterocycles. The summed E-state index contributed by atoms with van der Waals surface area (Å²) < 4.78 is 0. The van der Waals surface area contributed by atoms with E-state index < -0.39 is 0 Å². The van der Waals surface area contributed by atoms with Crippen LogP contribution in [0.2, 0.25) is 0 Å². The van der Waals surface area contributed by atoms with Gasteiger partial charge in [0.25, 0.3) is 0 Å². The number of hydrogen-bond donors (Lipinski definition) is 2. The highest BCUT2D eigenvalue weighted by Gasteiger charge is 2.43. The van der Waals surface area contributed by atoms with E-state index in [1.54, 1.807) is 0 Å². The van der Waals surface area contributed by atoms with Crippen LogP contribution in [0, 0.1) is 5.41 Å². The van der Waals surface area contributed by atoms with Crippen LogP contribution in [0.25, 0.3) is 0 Å². The molecule has 2 fully saturated rings. The maximum Gasteiger partial charge on any atom is 0.229 e. The molecule has 0 aliphatic carbocycles. The number of piperidine rings is 1. The van der Waals surface area contributed by atoms with Crippen LogP contribution in [-0.2, 0) is 4.79 Å². The van der Waals surface area contributed by atoms with Crippen LogP contribution in [0.3, 0.4) is 0 Å². The molecule has 2 N–H and O–H groups in total. The monoisotopic (exact) mass is 254 g/mol. The quantitative estimate of drug-likeness (QED) is 0.791. The van der Waals surface area contributed by atoms with E-state index in [0.717, 1.165) is 58.2 Å². The Morgan fingerprint density at radius 2 is 2.17 bits per heavy atom. The molecule has 0 saturated carbocycles. The summed E-state index contributed by atoms with van der Waals surface area (Å²) in [6.45, 7) is 5.01. The zero-order valence-corrected chi connectivity index (χ0v) is 11.5. The first-order valence-corrected chi connectivity index (χ1v) is 7.36. The third-order valence-corrected chi connectivity index (χ3v) is 4.59. The number of carbonyl (C=O) groups excluding carboxylic acids is 1. The maximum atomic E-state index is 12.9. The first-order valence-electron chi connectivity index (χ1n) is 7.36. The highest BCUT2D eigenvalue weighted by atomic mass is 16.3. The van der Waals surface area contributed by atoms with Crippen molar-refractivity contribution >= 4 is 5.91 Å². The summed E-state index contributed by atoms with van der Waals surface area (Å²) >= 11 is 0. The lowest BCUT2D eigenvalue weighted by Gasteiger charge is -2.40. The Morgan fingerprint density at radius 1 is 1.44 bits per heavy atom.